The fourth-order valence-electron chi connectivity index (χ4n) is 2.77. The second kappa shape index (κ2) is 9.33. The van der Waals surface area contributed by atoms with Gasteiger partial charge in [-0.2, -0.15) is 0 Å². The summed E-state index contributed by atoms with van der Waals surface area (Å²) in [6, 6.07) is -0.0566. The van der Waals surface area contributed by atoms with E-state index in [-0.39, 0.29) is 16.7 Å². The molecule has 1 amide bonds. The molecule has 0 aliphatic rings. The van der Waals surface area contributed by atoms with Gasteiger partial charge in [-0.15, -0.1) is 0 Å². The van der Waals surface area contributed by atoms with Crippen LogP contribution < -0.4 is 10.9 Å². The number of halogens is 2. The summed E-state index contributed by atoms with van der Waals surface area (Å²) < 4.78 is 26.7. The zero-order valence-electron chi connectivity index (χ0n) is 15.2. The minimum absolute atomic E-state index is 0.0768. The maximum atomic E-state index is 13.4. The number of carbonyl (C=O) groups excluding carboxylic acids is 1. The van der Waals surface area contributed by atoms with Crippen LogP contribution in [-0.4, -0.2) is 78.5 Å². The Bertz CT molecular complexity index is 939. The molecule has 2 aromatic rings. The van der Waals surface area contributed by atoms with Gasteiger partial charge in [0.2, 0.25) is 5.91 Å². The van der Waals surface area contributed by atoms with Crippen molar-refractivity contribution in [3.8, 4) is 0 Å². The van der Waals surface area contributed by atoms with Crippen LogP contribution >= 0.6 is 0 Å². The van der Waals surface area contributed by atoms with E-state index in [1.165, 1.54) is 0 Å². The summed E-state index contributed by atoms with van der Waals surface area (Å²) in [4.78, 5) is 29.7. The Labute approximate surface area is 162 Å². The number of amides is 1. The summed E-state index contributed by atoms with van der Waals surface area (Å²) in [5.41, 5.74) is -1.31. The summed E-state index contributed by atoms with van der Waals surface area (Å²) in [5.74, 6) is -3.08. The van der Waals surface area contributed by atoms with Gasteiger partial charge >= 0.3 is 0 Å². The molecule has 160 valence electrons. The number of nitrogens with zero attached hydrogens (tertiary/aromatic N) is 1. The highest BCUT2D eigenvalue weighted by molar-refractivity contribution is 5.74. The maximum Gasteiger partial charge on any atom is 0.270 e. The number of carbonyl (C=O) groups is 1. The molecular weight excluding hydrogens is 396 g/mol. The largest absolute Gasteiger partial charge is 0.394 e. The Morgan fingerprint density at radius 1 is 1.14 bits per heavy atom. The zero-order chi connectivity index (χ0) is 21.9. The molecule has 0 aliphatic heterocycles. The molecule has 5 atom stereocenters. The molecule has 0 saturated carbocycles. The van der Waals surface area contributed by atoms with Crippen LogP contribution in [0.3, 0.4) is 0 Å². The number of rotatable bonds is 8. The average Bonchev–Trinajstić information content (AvgIpc) is 2.66. The lowest BCUT2D eigenvalue weighted by molar-refractivity contribution is -0.127. The molecule has 1 heterocycles. The number of aliphatic hydroxyl groups excluding tert-OH is 5. The van der Waals surface area contributed by atoms with E-state index in [2.05, 4.69) is 15.3 Å². The van der Waals surface area contributed by atoms with E-state index in [0.29, 0.717) is 0 Å². The van der Waals surface area contributed by atoms with Crippen LogP contribution in [0.1, 0.15) is 12.6 Å². The van der Waals surface area contributed by atoms with E-state index in [1.54, 1.807) is 0 Å². The van der Waals surface area contributed by atoms with Gasteiger partial charge in [0.05, 0.1) is 29.8 Å². The van der Waals surface area contributed by atoms with Gasteiger partial charge in [0.25, 0.3) is 5.56 Å². The molecule has 0 aliphatic carbocycles. The summed E-state index contributed by atoms with van der Waals surface area (Å²) in [5, 5.41) is 51.0. The first-order valence-corrected chi connectivity index (χ1v) is 8.53. The van der Waals surface area contributed by atoms with E-state index < -0.39 is 66.6 Å². The molecule has 1 aromatic heterocycles. The molecular formula is C17H21F2N3O7. The number of benzene rings is 1. The SMILES string of the molecule is CC(=O)N[C@@H]([C@@H](O)[C@@H](O)[C@H](O)CO)[C@H](O)Cc1nc2cc(F)c(F)cc2[nH]c1=O. The fraction of sp³-hybridized carbons (Fsp3) is 0.471. The molecule has 0 radical (unpaired) electrons. The van der Waals surface area contributed by atoms with Gasteiger partial charge in [-0.3, -0.25) is 9.59 Å². The van der Waals surface area contributed by atoms with Gasteiger partial charge in [0, 0.05) is 25.5 Å². The third-order valence-corrected chi connectivity index (χ3v) is 4.29. The van der Waals surface area contributed by atoms with Crippen molar-refractivity contribution in [2.45, 2.75) is 43.8 Å². The van der Waals surface area contributed by atoms with E-state index >= 15 is 0 Å². The number of hydrogen-bond donors (Lipinski definition) is 7. The third kappa shape index (κ3) is 5.31. The average molecular weight is 417 g/mol. The molecule has 29 heavy (non-hydrogen) atoms. The lowest BCUT2D eigenvalue weighted by Crippen LogP contribution is -2.57. The first-order valence-electron chi connectivity index (χ1n) is 8.53. The number of aromatic amines is 1. The highest BCUT2D eigenvalue weighted by atomic mass is 19.2. The maximum absolute atomic E-state index is 13.4. The van der Waals surface area contributed by atoms with Crippen molar-refractivity contribution in [2.24, 2.45) is 0 Å². The van der Waals surface area contributed by atoms with Crippen molar-refractivity contribution in [1.82, 2.24) is 15.3 Å². The van der Waals surface area contributed by atoms with Crippen molar-refractivity contribution in [3.63, 3.8) is 0 Å². The van der Waals surface area contributed by atoms with E-state index in [4.69, 9.17) is 5.11 Å². The van der Waals surface area contributed by atoms with Crippen LogP contribution in [-0.2, 0) is 11.2 Å². The van der Waals surface area contributed by atoms with Crippen LogP contribution in [0, 0.1) is 11.6 Å². The number of H-pyrrole nitrogens is 1. The highest BCUT2D eigenvalue weighted by Crippen LogP contribution is 2.16. The van der Waals surface area contributed by atoms with Gasteiger partial charge in [-0.25, -0.2) is 13.8 Å². The number of hydrogen-bond acceptors (Lipinski definition) is 8. The van der Waals surface area contributed by atoms with Crippen LogP contribution in [0.15, 0.2) is 16.9 Å². The molecule has 1 aromatic carbocycles. The molecule has 0 fully saturated rings. The standard InChI is InChI=1S/C17H21F2N3O7/c1-6(24)20-14(16(28)15(27)13(26)5-23)12(25)4-11-17(29)22-10-3-8(19)7(18)2-9(10)21-11/h2-3,12-16,23,25-28H,4-5H2,1H3,(H,20,24)(H,22,29)/t12-,13-,14-,15+,16-/m1/s1. The molecule has 7 N–H and O–H groups in total. The lowest BCUT2D eigenvalue weighted by atomic mass is 9.94. The van der Waals surface area contributed by atoms with Crippen LogP contribution in [0.2, 0.25) is 0 Å². The lowest BCUT2D eigenvalue weighted by Gasteiger charge is -2.32. The van der Waals surface area contributed by atoms with E-state index in [0.717, 1.165) is 19.1 Å². The van der Waals surface area contributed by atoms with Crippen LogP contribution in [0.5, 0.6) is 0 Å². The van der Waals surface area contributed by atoms with Gasteiger partial charge in [-0.05, 0) is 0 Å². The molecule has 12 heteroatoms. The highest BCUT2D eigenvalue weighted by Gasteiger charge is 2.36. The van der Waals surface area contributed by atoms with Crippen molar-refractivity contribution in [2.75, 3.05) is 6.61 Å². The molecule has 0 unspecified atom stereocenters. The smallest absolute Gasteiger partial charge is 0.270 e. The minimum Gasteiger partial charge on any atom is -0.394 e. The Hall–Kier alpha value is -2.51. The van der Waals surface area contributed by atoms with E-state index in [9.17, 15) is 38.8 Å². The van der Waals surface area contributed by atoms with Crippen LogP contribution in [0.4, 0.5) is 8.78 Å². The van der Waals surface area contributed by atoms with Gasteiger partial charge in [0.1, 0.15) is 24.0 Å². The van der Waals surface area contributed by atoms with Gasteiger partial charge < -0.3 is 35.8 Å². The topological polar surface area (TPSA) is 176 Å². The van der Waals surface area contributed by atoms with Crippen molar-refractivity contribution >= 4 is 16.9 Å². The monoisotopic (exact) mass is 417 g/mol. The van der Waals surface area contributed by atoms with Crippen LogP contribution in [0.25, 0.3) is 11.0 Å². The number of fused-ring (bicyclic) bond motifs is 1. The predicted octanol–water partition coefficient (Wildman–Crippen LogP) is -2.32. The van der Waals surface area contributed by atoms with E-state index in [1.807, 2.05) is 0 Å². The van der Waals surface area contributed by atoms with Crippen molar-refractivity contribution in [3.05, 3.63) is 39.8 Å². The van der Waals surface area contributed by atoms with Crippen molar-refractivity contribution in [1.29, 1.82) is 0 Å². The Morgan fingerprint density at radius 3 is 2.34 bits per heavy atom. The molecule has 0 saturated heterocycles. The summed E-state index contributed by atoms with van der Waals surface area (Å²) in [7, 11) is 0. The number of aliphatic hydroxyl groups is 5. The predicted molar refractivity (Wildman–Crippen MR) is 94.7 cm³/mol. The Morgan fingerprint density at radius 2 is 1.76 bits per heavy atom. The third-order valence-electron chi connectivity index (χ3n) is 4.29. The normalized spacial score (nSPS) is 16.8. The van der Waals surface area contributed by atoms with Crippen molar-refractivity contribution < 1.29 is 39.1 Å². The first kappa shape index (κ1) is 22.8. The Balaban J connectivity index is 2.33. The quantitative estimate of drug-likeness (QED) is 0.250. The molecule has 10 nitrogen and oxygen atoms in total. The zero-order valence-corrected chi connectivity index (χ0v) is 15.2. The van der Waals surface area contributed by atoms with Gasteiger partial charge in [-0.1, -0.05) is 0 Å². The summed E-state index contributed by atoms with van der Waals surface area (Å²) >= 11 is 0. The fourth-order valence-corrected chi connectivity index (χ4v) is 2.77. The molecule has 2 rings (SSSR count). The van der Waals surface area contributed by atoms with Gasteiger partial charge in [0.15, 0.2) is 11.6 Å². The molecule has 0 spiro atoms. The number of nitrogens with one attached hydrogen (secondary N) is 2. The molecule has 0 bridgehead atoms. The second-order valence-electron chi connectivity index (χ2n) is 6.52. The first-order chi connectivity index (χ1) is 13.5. The number of aromatic nitrogens is 2. The second-order valence-corrected chi connectivity index (χ2v) is 6.52. The summed E-state index contributed by atoms with van der Waals surface area (Å²) in [6.45, 7) is 0.175. The Kier molecular flexibility index (Phi) is 7.32. The minimum atomic E-state index is -1.92. The summed E-state index contributed by atoms with van der Waals surface area (Å²) in [6.07, 6.45) is -7.82.